The highest BCUT2D eigenvalue weighted by Crippen LogP contribution is 2.37. The molecule has 0 unspecified atom stereocenters. The number of carbonyl (C=O) groups is 1. The van der Waals surface area contributed by atoms with Gasteiger partial charge in [0.25, 0.3) is 5.91 Å². The van der Waals surface area contributed by atoms with Crippen molar-refractivity contribution < 1.29 is 18.7 Å². The molecule has 0 aliphatic carbocycles. The molecule has 30 heavy (non-hydrogen) atoms. The van der Waals surface area contributed by atoms with Crippen LogP contribution in [0.1, 0.15) is 11.3 Å². The Morgan fingerprint density at radius 1 is 1.10 bits per heavy atom. The molecule has 5 nitrogen and oxygen atoms in total. The van der Waals surface area contributed by atoms with E-state index in [0.717, 1.165) is 11.1 Å². The number of ether oxygens (including phenoxy) is 2. The van der Waals surface area contributed by atoms with Gasteiger partial charge in [0.05, 0.1) is 16.5 Å². The predicted molar refractivity (Wildman–Crippen MR) is 120 cm³/mol. The highest BCUT2D eigenvalue weighted by Gasteiger charge is 2.32. The molecule has 5 rings (SSSR count). The Morgan fingerprint density at radius 2 is 1.93 bits per heavy atom. The van der Waals surface area contributed by atoms with Crippen LogP contribution >= 0.6 is 35.6 Å². The van der Waals surface area contributed by atoms with Crippen LogP contribution in [0.15, 0.2) is 63.9 Å². The van der Waals surface area contributed by atoms with Gasteiger partial charge in [-0.1, -0.05) is 53.8 Å². The number of halogens is 1. The lowest BCUT2D eigenvalue weighted by Crippen LogP contribution is -2.27. The molecule has 3 heterocycles. The van der Waals surface area contributed by atoms with Crippen molar-refractivity contribution in [2.75, 3.05) is 6.79 Å². The summed E-state index contributed by atoms with van der Waals surface area (Å²) in [5, 5.41) is 0.605. The summed E-state index contributed by atoms with van der Waals surface area (Å²) >= 11 is 12.9. The molecule has 0 saturated carbocycles. The molecule has 0 bridgehead atoms. The SMILES string of the molecule is O=C1/C(=C\c2ccc(-c3ccccc3Cl)o2)SC(=S)N1Cc1ccc2c(c1)OCO2. The predicted octanol–water partition coefficient (Wildman–Crippen LogP) is 5.73. The van der Waals surface area contributed by atoms with Crippen LogP contribution in [0, 0.1) is 0 Å². The first-order valence-corrected chi connectivity index (χ1v) is 10.7. The standard InChI is InChI=1S/C22H14ClNO4S2/c23-16-4-2-1-3-15(16)17-8-6-14(28-17)10-20-21(25)24(22(29)30-20)11-13-5-7-18-19(9-13)27-12-26-18/h1-10H,11-12H2/b20-10+. The van der Waals surface area contributed by atoms with Crippen molar-refractivity contribution in [2.45, 2.75) is 6.54 Å². The zero-order valence-corrected chi connectivity index (χ0v) is 17.9. The van der Waals surface area contributed by atoms with Crippen molar-refractivity contribution in [3.63, 3.8) is 0 Å². The average Bonchev–Trinajstić information content (AvgIpc) is 3.45. The number of nitrogens with zero attached hydrogens (tertiary/aromatic N) is 1. The molecule has 3 aromatic rings. The molecule has 2 aliphatic rings. The second-order valence-electron chi connectivity index (χ2n) is 6.64. The third-order valence-electron chi connectivity index (χ3n) is 4.69. The van der Waals surface area contributed by atoms with Crippen LogP contribution in [0.2, 0.25) is 5.02 Å². The first kappa shape index (κ1) is 19.2. The van der Waals surface area contributed by atoms with E-state index in [1.165, 1.54) is 11.8 Å². The van der Waals surface area contributed by atoms with Crippen molar-refractivity contribution in [1.82, 2.24) is 4.90 Å². The molecule has 0 spiro atoms. The van der Waals surface area contributed by atoms with E-state index >= 15 is 0 Å². The molecule has 2 aliphatic heterocycles. The van der Waals surface area contributed by atoms with Gasteiger partial charge in [-0.2, -0.15) is 0 Å². The summed E-state index contributed by atoms with van der Waals surface area (Å²) < 4.78 is 17.1. The Bertz CT molecular complexity index is 1200. The summed E-state index contributed by atoms with van der Waals surface area (Å²) in [6.07, 6.45) is 1.71. The number of benzene rings is 2. The number of furan rings is 1. The summed E-state index contributed by atoms with van der Waals surface area (Å²) in [6, 6.07) is 16.7. The van der Waals surface area contributed by atoms with E-state index in [-0.39, 0.29) is 12.7 Å². The molecule has 150 valence electrons. The lowest BCUT2D eigenvalue weighted by atomic mass is 10.2. The molecule has 0 atom stereocenters. The van der Waals surface area contributed by atoms with Gasteiger partial charge in [-0.25, -0.2) is 0 Å². The number of hydrogen-bond donors (Lipinski definition) is 0. The number of fused-ring (bicyclic) bond motifs is 1. The average molecular weight is 456 g/mol. The second-order valence-corrected chi connectivity index (χ2v) is 8.72. The minimum atomic E-state index is -0.154. The molecule has 1 aromatic heterocycles. The molecular formula is C22H14ClNO4S2. The van der Waals surface area contributed by atoms with Crippen LogP contribution in [0.3, 0.4) is 0 Å². The van der Waals surface area contributed by atoms with Crippen molar-refractivity contribution >= 4 is 51.9 Å². The van der Waals surface area contributed by atoms with Gasteiger partial charge >= 0.3 is 0 Å². The molecule has 8 heteroatoms. The van der Waals surface area contributed by atoms with Crippen LogP contribution in [-0.4, -0.2) is 21.9 Å². The number of amides is 1. The number of hydrogen-bond acceptors (Lipinski definition) is 6. The molecule has 1 amide bonds. The Hall–Kier alpha value is -2.74. The Morgan fingerprint density at radius 3 is 2.80 bits per heavy atom. The minimum absolute atomic E-state index is 0.154. The van der Waals surface area contributed by atoms with E-state index in [1.54, 1.807) is 17.0 Å². The van der Waals surface area contributed by atoms with E-state index in [9.17, 15) is 4.79 Å². The Kier molecular flexibility index (Phi) is 5.02. The number of thiocarbonyl (C=S) groups is 1. The van der Waals surface area contributed by atoms with Crippen molar-refractivity contribution in [3.05, 3.63) is 75.8 Å². The van der Waals surface area contributed by atoms with Gasteiger partial charge in [-0.05, 0) is 42.0 Å². The third-order valence-corrected chi connectivity index (χ3v) is 6.40. The van der Waals surface area contributed by atoms with E-state index in [4.69, 9.17) is 37.7 Å². The zero-order valence-electron chi connectivity index (χ0n) is 15.5. The van der Waals surface area contributed by atoms with Crippen LogP contribution in [0.4, 0.5) is 0 Å². The number of carbonyl (C=O) groups excluding carboxylic acids is 1. The molecule has 0 N–H and O–H groups in total. The van der Waals surface area contributed by atoms with E-state index < -0.39 is 0 Å². The van der Waals surface area contributed by atoms with Crippen molar-refractivity contribution in [2.24, 2.45) is 0 Å². The number of thioether (sulfide) groups is 1. The van der Waals surface area contributed by atoms with Crippen LogP contribution < -0.4 is 9.47 Å². The fourth-order valence-electron chi connectivity index (χ4n) is 3.22. The third kappa shape index (κ3) is 3.60. The topological polar surface area (TPSA) is 51.9 Å². The summed E-state index contributed by atoms with van der Waals surface area (Å²) in [6.45, 7) is 0.573. The maximum atomic E-state index is 12.9. The lowest BCUT2D eigenvalue weighted by molar-refractivity contribution is -0.122. The van der Waals surface area contributed by atoms with Crippen LogP contribution in [0.25, 0.3) is 17.4 Å². The Balaban J connectivity index is 1.35. The number of rotatable bonds is 4. The van der Waals surface area contributed by atoms with E-state index in [1.807, 2.05) is 48.5 Å². The molecule has 1 saturated heterocycles. The van der Waals surface area contributed by atoms with Crippen LogP contribution in [0.5, 0.6) is 11.5 Å². The smallest absolute Gasteiger partial charge is 0.266 e. The summed E-state index contributed by atoms with van der Waals surface area (Å²) in [5.41, 5.74) is 1.71. The molecule has 2 aromatic carbocycles. The van der Waals surface area contributed by atoms with Gasteiger partial charge in [0, 0.05) is 11.6 Å². The van der Waals surface area contributed by atoms with Crippen molar-refractivity contribution in [3.8, 4) is 22.8 Å². The quantitative estimate of drug-likeness (QED) is 0.370. The Labute approximate surface area is 187 Å². The summed E-state index contributed by atoms with van der Waals surface area (Å²) in [5.74, 6) is 2.43. The molecule has 0 radical (unpaired) electrons. The highest BCUT2D eigenvalue weighted by molar-refractivity contribution is 8.26. The van der Waals surface area contributed by atoms with E-state index in [0.29, 0.717) is 43.8 Å². The monoisotopic (exact) mass is 455 g/mol. The summed E-state index contributed by atoms with van der Waals surface area (Å²) in [7, 11) is 0. The van der Waals surface area contributed by atoms with Crippen LogP contribution in [-0.2, 0) is 11.3 Å². The van der Waals surface area contributed by atoms with E-state index in [2.05, 4.69) is 0 Å². The highest BCUT2D eigenvalue weighted by atomic mass is 35.5. The fraction of sp³-hybridized carbons (Fsp3) is 0.0909. The minimum Gasteiger partial charge on any atom is -0.457 e. The van der Waals surface area contributed by atoms with Gasteiger partial charge < -0.3 is 13.9 Å². The first-order valence-electron chi connectivity index (χ1n) is 9.07. The van der Waals surface area contributed by atoms with Gasteiger partial charge in [0.1, 0.15) is 15.8 Å². The van der Waals surface area contributed by atoms with Crippen molar-refractivity contribution in [1.29, 1.82) is 0 Å². The van der Waals surface area contributed by atoms with Gasteiger partial charge in [-0.15, -0.1) is 0 Å². The van der Waals surface area contributed by atoms with Gasteiger partial charge in [-0.3, -0.25) is 9.69 Å². The fourth-order valence-corrected chi connectivity index (χ4v) is 4.69. The second kappa shape index (κ2) is 7.83. The largest absolute Gasteiger partial charge is 0.457 e. The first-order chi connectivity index (χ1) is 14.6. The molecule has 1 fully saturated rings. The lowest BCUT2D eigenvalue weighted by Gasteiger charge is -2.14. The maximum absolute atomic E-state index is 12.9. The molecular weight excluding hydrogens is 442 g/mol. The zero-order chi connectivity index (χ0) is 20.7. The normalized spacial score (nSPS) is 16.7. The summed E-state index contributed by atoms with van der Waals surface area (Å²) in [4.78, 5) is 15.0. The van der Waals surface area contributed by atoms with Gasteiger partial charge in [0.15, 0.2) is 11.5 Å². The maximum Gasteiger partial charge on any atom is 0.266 e. The van der Waals surface area contributed by atoms with Gasteiger partial charge in [0.2, 0.25) is 6.79 Å².